The molecule has 0 aliphatic carbocycles. The van der Waals surface area contributed by atoms with Gasteiger partial charge in [-0.05, 0) is 33.6 Å². The summed E-state index contributed by atoms with van der Waals surface area (Å²) in [6.45, 7) is 5.40. The largest absolute Gasteiger partial charge is 0.480 e. The zero-order chi connectivity index (χ0) is 12.0. The molecule has 1 N–H and O–H groups in total. The lowest BCUT2D eigenvalue weighted by atomic mass is 10.2. The lowest BCUT2D eigenvalue weighted by molar-refractivity contribution is 0.368. The molecule has 1 rings (SSSR count). The minimum atomic E-state index is 0.294. The van der Waals surface area contributed by atoms with Crippen LogP contribution < -0.4 is 10.1 Å². The molecule has 0 atom stereocenters. The van der Waals surface area contributed by atoms with Crippen molar-refractivity contribution >= 4 is 15.9 Å². The second-order valence-electron chi connectivity index (χ2n) is 3.79. The van der Waals surface area contributed by atoms with Crippen LogP contribution in [0.15, 0.2) is 22.7 Å². The summed E-state index contributed by atoms with van der Waals surface area (Å²) in [6.07, 6.45) is 5.14. The predicted octanol–water partition coefficient (Wildman–Crippen LogP) is 2.96. The Balaban J connectivity index is 2.64. The predicted molar refractivity (Wildman–Crippen MR) is 70.4 cm³/mol. The summed E-state index contributed by atoms with van der Waals surface area (Å²) >= 11 is 3.46. The summed E-state index contributed by atoms with van der Waals surface area (Å²) in [4.78, 5) is 0. The van der Waals surface area contributed by atoms with E-state index in [0.29, 0.717) is 12.6 Å². The maximum Gasteiger partial charge on any atom is 0.148 e. The van der Waals surface area contributed by atoms with Gasteiger partial charge in [0.1, 0.15) is 12.4 Å². The minimum Gasteiger partial charge on any atom is -0.480 e. The van der Waals surface area contributed by atoms with Gasteiger partial charge in [0.25, 0.3) is 0 Å². The second kappa shape index (κ2) is 6.57. The van der Waals surface area contributed by atoms with E-state index in [1.165, 1.54) is 5.56 Å². The number of terminal acetylenes is 1. The Hall–Kier alpha value is -0.980. The maximum absolute atomic E-state index is 5.36. The molecule has 0 aromatic heterocycles. The highest BCUT2D eigenvalue weighted by molar-refractivity contribution is 9.10. The van der Waals surface area contributed by atoms with E-state index in [0.717, 1.165) is 16.8 Å². The lowest BCUT2D eigenvalue weighted by Gasteiger charge is -2.10. The highest BCUT2D eigenvalue weighted by atomic mass is 79.9. The van der Waals surface area contributed by atoms with E-state index < -0.39 is 0 Å². The lowest BCUT2D eigenvalue weighted by Crippen LogP contribution is -2.21. The molecule has 0 heterocycles. The quantitative estimate of drug-likeness (QED) is 0.838. The number of ether oxygens (including phenoxy) is 1. The van der Waals surface area contributed by atoms with Crippen LogP contribution in [0.4, 0.5) is 0 Å². The normalized spacial score (nSPS) is 10.2. The van der Waals surface area contributed by atoms with Crippen molar-refractivity contribution < 1.29 is 4.74 Å². The number of hydrogen-bond donors (Lipinski definition) is 1. The molecule has 2 nitrogen and oxygen atoms in total. The van der Waals surface area contributed by atoms with Crippen LogP contribution in [-0.2, 0) is 6.54 Å². The molecule has 0 aliphatic rings. The standard InChI is InChI=1S/C13H16BrNO/c1-4-7-16-13-6-5-11(8-12(13)14)9-15-10(2)3/h1,5-6,8,10,15H,7,9H2,2-3H3. The van der Waals surface area contributed by atoms with Gasteiger partial charge in [0.2, 0.25) is 0 Å². The van der Waals surface area contributed by atoms with Gasteiger partial charge in [-0.2, -0.15) is 0 Å². The molecule has 3 heteroatoms. The monoisotopic (exact) mass is 281 g/mol. The van der Waals surface area contributed by atoms with Gasteiger partial charge < -0.3 is 10.1 Å². The van der Waals surface area contributed by atoms with Crippen molar-refractivity contribution in [2.45, 2.75) is 26.4 Å². The fourth-order valence-corrected chi connectivity index (χ4v) is 1.75. The zero-order valence-electron chi connectivity index (χ0n) is 9.59. The van der Waals surface area contributed by atoms with Crippen molar-refractivity contribution in [1.29, 1.82) is 0 Å². The number of benzene rings is 1. The van der Waals surface area contributed by atoms with Gasteiger partial charge in [0.05, 0.1) is 4.47 Å². The zero-order valence-corrected chi connectivity index (χ0v) is 11.2. The molecule has 0 aliphatic heterocycles. The van der Waals surface area contributed by atoms with Gasteiger partial charge in [-0.1, -0.05) is 25.8 Å². The van der Waals surface area contributed by atoms with Gasteiger partial charge in [-0.15, -0.1) is 6.42 Å². The van der Waals surface area contributed by atoms with E-state index in [1.54, 1.807) is 0 Å². The van der Waals surface area contributed by atoms with Gasteiger partial charge in [0, 0.05) is 12.6 Å². The summed E-state index contributed by atoms with van der Waals surface area (Å²) in [7, 11) is 0. The summed E-state index contributed by atoms with van der Waals surface area (Å²) in [5, 5.41) is 3.36. The Labute approximate surface area is 106 Å². The third-order valence-electron chi connectivity index (χ3n) is 2.02. The minimum absolute atomic E-state index is 0.294. The molecule has 0 saturated carbocycles. The van der Waals surface area contributed by atoms with Crippen molar-refractivity contribution in [3.05, 3.63) is 28.2 Å². The molecule has 0 radical (unpaired) electrons. The smallest absolute Gasteiger partial charge is 0.148 e. The van der Waals surface area contributed by atoms with Crippen molar-refractivity contribution in [2.24, 2.45) is 0 Å². The highest BCUT2D eigenvalue weighted by Crippen LogP contribution is 2.25. The number of rotatable bonds is 5. The Kier molecular flexibility index (Phi) is 5.37. The van der Waals surface area contributed by atoms with E-state index >= 15 is 0 Å². The van der Waals surface area contributed by atoms with Crippen LogP contribution in [0, 0.1) is 12.3 Å². The Morgan fingerprint density at radius 3 is 2.81 bits per heavy atom. The molecule has 0 unspecified atom stereocenters. The van der Waals surface area contributed by atoms with Gasteiger partial charge in [-0.25, -0.2) is 0 Å². The van der Waals surface area contributed by atoms with Crippen molar-refractivity contribution in [1.82, 2.24) is 5.32 Å². The first-order valence-corrected chi connectivity index (χ1v) is 6.01. The fourth-order valence-electron chi connectivity index (χ4n) is 1.21. The number of nitrogens with one attached hydrogen (secondary N) is 1. The number of halogens is 1. The van der Waals surface area contributed by atoms with Crippen LogP contribution in [-0.4, -0.2) is 12.6 Å². The Morgan fingerprint density at radius 2 is 2.25 bits per heavy atom. The van der Waals surface area contributed by atoms with Gasteiger partial charge in [0.15, 0.2) is 0 Å². The molecular weight excluding hydrogens is 266 g/mol. The molecule has 0 bridgehead atoms. The van der Waals surface area contributed by atoms with Crippen molar-refractivity contribution in [3.8, 4) is 18.1 Å². The van der Waals surface area contributed by atoms with Gasteiger partial charge in [-0.3, -0.25) is 0 Å². The van der Waals surface area contributed by atoms with Crippen LogP contribution in [0.2, 0.25) is 0 Å². The topological polar surface area (TPSA) is 21.3 Å². The third-order valence-corrected chi connectivity index (χ3v) is 2.64. The first kappa shape index (κ1) is 13.1. The van der Waals surface area contributed by atoms with Crippen LogP contribution in [0.25, 0.3) is 0 Å². The molecule has 0 saturated heterocycles. The number of hydrogen-bond acceptors (Lipinski definition) is 2. The van der Waals surface area contributed by atoms with Crippen molar-refractivity contribution in [3.63, 3.8) is 0 Å². The van der Waals surface area contributed by atoms with E-state index in [9.17, 15) is 0 Å². The Bertz CT molecular complexity index is 382. The van der Waals surface area contributed by atoms with E-state index in [4.69, 9.17) is 11.2 Å². The van der Waals surface area contributed by atoms with Crippen LogP contribution in [0.1, 0.15) is 19.4 Å². The summed E-state index contributed by atoms with van der Waals surface area (Å²) < 4.78 is 6.30. The molecule has 86 valence electrons. The highest BCUT2D eigenvalue weighted by Gasteiger charge is 2.02. The SMILES string of the molecule is C#CCOc1ccc(CNC(C)C)cc1Br. The first-order chi connectivity index (χ1) is 7.63. The average molecular weight is 282 g/mol. The third kappa shape index (κ3) is 4.26. The van der Waals surface area contributed by atoms with E-state index in [2.05, 4.69) is 41.0 Å². The van der Waals surface area contributed by atoms with Gasteiger partial charge >= 0.3 is 0 Å². The molecule has 0 spiro atoms. The molecule has 16 heavy (non-hydrogen) atoms. The molecule has 0 amide bonds. The van der Waals surface area contributed by atoms with Crippen LogP contribution in [0.5, 0.6) is 5.75 Å². The molecule has 0 fully saturated rings. The first-order valence-electron chi connectivity index (χ1n) is 5.21. The van der Waals surface area contributed by atoms with Crippen molar-refractivity contribution in [2.75, 3.05) is 6.61 Å². The van der Waals surface area contributed by atoms with E-state index in [1.807, 2.05) is 18.2 Å². The summed E-state index contributed by atoms with van der Waals surface area (Å²) in [5.74, 6) is 3.23. The van der Waals surface area contributed by atoms with Crippen LogP contribution >= 0.6 is 15.9 Å². The van der Waals surface area contributed by atoms with E-state index in [-0.39, 0.29) is 0 Å². The maximum atomic E-state index is 5.36. The molecular formula is C13H16BrNO. The average Bonchev–Trinajstić information content (AvgIpc) is 2.25. The molecule has 1 aromatic carbocycles. The second-order valence-corrected chi connectivity index (χ2v) is 4.65. The summed E-state index contributed by atoms with van der Waals surface area (Å²) in [5.41, 5.74) is 1.22. The summed E-state index contributed by atoms with van der Waals surface area (Å²) in [6, 6.07) is 6.49. The molecule has 1 aromatic rings. The van der Waals surface area contributed by atoms with Crippen LogP contribution in [0.3, 0.4) is 0 Å². The fraction of sp³-hybridized carbons (Fsp3) is 0.385. The Morgan fingerprint density at radius 1 is 1.50 bits per heavy atom.